The first-order valence-electron chi connectivity index (χ1n) is 8.33. The van der Waals surface area contributed by atoms with Crippen LogP contribution in [0.3, 0.4) is 0 Å². The van der Waals surface area contributed by atoms with Gasteiger partial charge < -0.3 is 5.32 Å². The summed E-state index contributed by atoms with van der Waals surface area (Å²) in [6.45, 7) is 4.49. The highest BCUT2D eigenvalue weighted by Gasteiger charge is 2.20. The molecule has 0 radical (unpaired) electrons. The monoisotopic (exact) mass is 365 g/mol. The summed E-state index contributed by atoms with van der Waals surface area (Å²) in [5, 5.41) is 13.8. The van der Waals surface area contributed by atoms with E-state index in [1.807, 2.05) is 43.5 Å². The first-order chi connectivity index (χ1) is 12.6. The number of aryl methyl sites for hydroxylation is 1. The Morgan fingerprint density at radius 3 is 2.62 bits per heavy atom. The number of hydrogen-bond donors (Lipinski definition) is 1. The molecule has 3 aromatic rings. The van der Waals surface area contributed by atoms with Crippen LogP contribution >= 0.6 is 11.8 Å². The molecule has 0 atom stereocenters. The number of thioether (sulfide) groups is 1. The number of aromatic nitrogens is 3. The van der Waals surface area contributed by atoms with Crippen LogP contribution in [-0.4, -0.2) is 27.3 Å². The number of anilines is 1. The lowest BCUT2D eigenvalue weighted by Gasteiger charge is -2.16. The molecule has 132 valence electrons. The standard InChI is InChI=1S/C19H19N5OS/c1-4-10-21-19-23-16-14(11-20)17(26-3)22-12(2)15(16)18(25)24(19)13-8-6-5-7-9-13/h5-9H,4,10H2,1-3H3,(H,21,23). The number of fused-ring (bicyclic) bond motifs is 1. The van der Waals surface area contributed by atoms with Crippen molar-refractivity contribution < 1.29 is 0 Å². The molecular formula is C19H19N5OS. The third-order valence-electron chi connectivity index (χ3n) is 4.02. The van der Waals surface area contributed by atoms with Gasteiger partial charge in [0.1, 0.15) is 22.2 Å². The van der Waals surface area contributed by atoms with E-state index >= 15 is 0 Å². The molecule has 1 N–H and O–H groups in total. The van der Waals surface area contributed by atoms with E-state index in [0.29, 0.717) is 39.7 Å². The fourth-order valence-corrected chi connectivity index (χ4v) is 3.39. The smallest absolute Gasteiger partial charge is 0.269 e. The molecule has 0 spiro atoms. The van der Waals surface area contributed by atoms with Crippen LogP contribution in [0.5, 0.6) is 0 Å². The zero-order chi connectivity index (χ0) is 18.7. The lowest BCUT2D eigenvalue weighted by molar-refractivity contribution is 0.899. The van der Waals surface area contributed by atoms with Gasteiger partial charge in [0.25, 0.3) is 5.56 Å². The summed E-state index contributed by atoms with van der Waals surface area (Å²) in [5.74, 6) is 0.435. The van der Waals surface area contributed by atoms with E-state index in [1.54, 1.807) is 11.5 Å². The molecule has 0 aliphatic heterocycles. The lowest BCUT2D eigenvalue weighted by atomic mass is 10.1. The normalized spacial score (nSPS) is 10.7. The Labute approximate surface area is 155 Å². The molecule has 0 aliphatic rings. The molecule has 0 saturated carbocycles. The zero-order valence-electron chi connectivity index (χ0n) is 14.9. The minimum Gasteiger partial charge on any atom is -0.355 e. The van der Waals surface area contributed by atoms with E-state index < -0.39 is 0 Å². The molecule has 7 heteroatoms. The van der Waals surface area contributed by atoms with Crippen molar-refractivity contribution in [3.8, 4) is 11.8 Å². The summed E-state index contributed by atoms with van der Waals surface area (Å²) in [6, 6.07) is 11.5. The molecule has 0 bridgehead atoms. The third kappa shape index (κ3) is 3.04. The molecule has 0 amide bonds. The maximum atomic E-state index is 13.3. The Morgan fingerprint density at radius 1 is 1.27 bits per heavy atom. The van der Waals surface area contributed by atoms with Crippen molar-refractivity contribution in [1.82, 2.24) is 14.5 Å². The van der Waals surface area contributed by atoms with Crippen LogP contribution in [0.15, 0.2) is 40.2 Å². The first-order valence-corrected chi connectivity index (χ1v) is 9.55. The van der Waals surface area contributed by atoms with Gasteiger partial charge in [-0.3, -0.25) is 4.79 Å². The van der Waals surface area contributed by atoms with Gasteiger partial charge in [-0.15, -0.1) is 11.8 Å². The van der Waals surface area contributed by atoms with Crippen LogP contribution in [0.1, 0.15) is 24.6 Å². The van der Waals surface area contributed by atoms with Crippen molar-refractivity contribution in [3.05, 3.63) is 51.9 Å². The summed E-state index contributed by atoms with van der Waals surface area (Å²) >= 11 is 1.38. The SMILES string of the molecule is CCCNc1nc2c(C#N)c(SC)nc(C)c2c(=O)n1-c1ccccc1. The number of rotatable bonds is 5. The molecular weight excluding hydrogens is 346 g/mol. The molecule has 6 nitrogen and oxygen atoms in total. The Bertz CT molecular complexity index is 1050. The summed E-state index contributed by atoms with van der Waals surface area (Å²) in [5.41, 5.74) is 1.81. The molecule has 1 aromatic carbocycles. The summed E-state index contributed by atoms with van der Waals surface area (Å²) in [6.07, 6.45) is 2.75. The van der Waals surface area contributed by atoms with E-state index in [9.17, 15) is 10.1 Å². The Kier molecular flexibility index (Phi) is 5.24. The van der Waals surface area contributed by atoms with Gasteiger partial charge in [0.15, 0.2) is 0 Å². The van der Waals surface area contributed by atoms with Gasteiger partial charge in [-0.05, 0) is 31.7 Å². The van der Waals surface area contributed by atoms with Gasteiger partial charge >= 0.3 is 0 Å². The van der Waals surface area contributed by atoms with E-state index in [1.165, 1.54) is 11.8 Å². The highest BCUT2D eigenvalue weighted by atomic mass is 32.2. The number of para-hydroxylation sites is 1. The molecule has 0 unspecified atom stereocenters. The van der Waals surface area contributed by atoms with Gasteiger partial charge in [-0.25, -0.2) is 14.5 Å². The maximum Gasteiger partial charge on any atom is 0.269 e. The van der Waals surface area contributed by atoms with E-state index in [2.05, 4.69) is 21.4 Å². The van der Waals surface area contributed by atoms with Crippen LogP contribution in [-0.2, 0) is 0 Å². The average molecular weight is 365 g/mol. The number of benzene rings is 1. The van der Waals surface area contributed by atoms with E-state index in [0.717, 1.165) is 12.1 Å². The van der Waals surface area contributed by atoms with Crippen LogP contribution in [0.4, 0.5) is 5.95 Å². The fraction of sp³-hybridized carbons (Fsp3) is 0.263. The Balaban J connectivity index is 2.44. The minimum absolute atomic E-state index is 0.228. The van der Waals surface area contributed by atoms with Crippen LogP contribution < -0.4 is 10.9 Å². The summed E-state index contributed by atoms with van der Waals surface area (Å²) in [7, 11) is 0. The highest BCUT2D eigenvalue weighted by molar-refractivity contribution is 7.98. The second kappa shape index (κ2) is 7.58. The number of nitriles is 1. The highest BCUT2D eigenvalue weighted by Crippen LogP contribution is 2.27. The van der Waals surface area contributed by atoms with Gasteiger partial charge in [-0.1, -0.05) is 25.1 Å². The number of nitrogens with zero attached hydrogens (tertiary/aromatic N) is 4. The number of pyridine rings is 1. The van der Waals surface area contributed by atoms with Crippen LogP contribution in [0.25, 0.3) is 16.6 Å². The first kappa shape index (κ1) is 18.0. The second-order valence-electron chi connectivity index (χ2n) is 5.76. The van der Waals surface area contributed by atoms with Gasteiger partial charge in [0, 0.05) is 6.54 Å². The molecule has 2 aromatic heterocycles. The number of hydrogen-bond acceptors (Lipinski definition) is 6. The average Bonchev–Trinajstić information content (AvgIpc) is 2.66. The van der Waals surface area contributed by atoms with E-state index in [4.69, 9.17) is 0 Å². The molecule has 0 saturated heterocycles. The zero-order valence-corrected chi connectivity index (χ0v) is 15.7. The Hall–Kier alpha value is -2.85. The minimum atomic E-state index is -0.228. The predicted octanol–water partition coefficient (Wildman–Crippen LogP) is 3.50. The van der Waals surface area contributed by atoms with Gasteiger partial charge in [-0.2, -0.15) is 5.26 Å². The topological polar surface area (TPSA) is 83.6 Å². The summed E-state index contributed by atoms with van der Waals surface area (Å²) in [4.78, 5) is 22.4. The van der Waals surface area contributed by atoms with Crippen LogP contribution in [0.2, 0.25) is 0 Å². The van der Waals surface area contributed by atoms with Crippen molar-refractivity contribution in [3.63, 3.8) is 0 Å². The summed E-state index contributed by atoms with van der Waals surface area (Å²) < 4.78 is 1.55. The molecule has 0 aliphatic carbocycles. The third-order valence-corrected chi connectivity index (χ3v) is 4.70. The van der Waals surface area contributed by atoms with Crippen molar-refractivity contribution in [2.45, 2.75) is 25.3 Å². The largest absolute Gasteiger partial charge is 0.355 e. The van der Waals surface area contributed by atoms with Crippen molar-refractivity contribution in [2.24, 2.45) is 0 Å². The molecule has 2 heterocycles. The quantitative estimate of drug-likeness (QED) is 0.697. The van der Waals surface area contributed by atoms with Crippen molar-refractivity contribution in [2.75, 3.05) is 18.1 Å². The molecule has 0 fully saturated rings. The Morgan fingerprint density at radius 2 is 2.00 bits per heavy atom. The van der Waals surface area contributed by atoms with Crippen molar-refractivity contribution in [1.29, 1.82) is 5.26 Å². The predicted molar refractivity (Wildman–Crippen MR) is 105 cm³/mol. The number of nitrogens with one attached hydrogen (secondary N) is 1. The molecule has 3 rings (SSSR count). The second-order valence-corrected chi connectivity index (χ2v) is 6.55. The van der Waals surface area contributed by atoms with Crippen molar-refractivity contribution >= 4 is 28.6 Å². The maximum absolute atomic E-state index is 13.3. The van der Waals surface area contributed by atoms with Crippen LogP contribution in [0, 0.1) is 18.3 Å². The van der Waals surface area contributed by atoms with Gasteiger partial charge in [0.2, 0.25) is 5.95 Å². The fourth-order valence-electron chi connectivity index (χ4n) is 2.81. The lowest BCUT2D eigenvalue weighted by Crippen LogP contribution is -2.25. The van der Waals surface area contributed by atoms with E-state index in [-0.39, 0.29) is 5.56 Å². The van der Waals surface area contributed by atoms with Gasteiger partial charge in [0.05, 0.1) is 16.8 Å². The molecule has 26 heavy (non-hydrogen) atoms.